The number of pyridine rings is 1. The van der Waals surface area contributed by atoms with Gasteiger partial charge in [-0.3, -0.25) is 4.98 Å². The monoisotopic (exact) mass is 232 g/mol. The van der Waals surface area contributed by atoms with Crippen LogP contribution in [-0.2, 0) is 11.2 Å². The molecule has 4 heteroatoms. The van der Waals surface area contributed by atoms with Crippen LogP contribution < -0.4 is 0 Å². The standard InChI is InChI=1S/C12H12N2OS/c1-9-4-5-10(7-13-9)12-14-11(8-16-12)3-2-6-15/h4-8H,2-3H2,1H3. The molecule has 0 aliphatic carbocycles. The summed E-state index contributed by atoms with van der Waals surface area (Å²) in [6, 6.07) is 3.99. The molecule has 82 valence electrons. The van der Waals surface area contributed by atoms with Gasteiger partial charge in [-0.25, -0.2) is 4.98 Å². The molecule has 2 aromatic rings. The minimum Gasteiger partial charge on any atom is -0.303 e. The largest absolute Gasteiger partial charge is 0.303 e. The maximum Gasteiger partial charge on any atom is 0.125 e. The van der Waals surface area contributed by atoms with Crippen LogP contribution >= 0.6 is 11.3 Å². The summed E-state index contributed by atoms with van der Waals surface area (Å²) in [5.41, 5.74) is 3.02. The van der Waals surface area contributed by atoms with Crippen molar-refractivity contribution in [2.45, 2.75) is 19.8 Å². The summed E-state index contributed by atoms with van der Waals surface area (Å²) in [7, 11) is 0. The van der Waals surface area contributed by atoms with Gasteiger partial charge < -0.3 is 4.79 Å². The number of rotatable bonds is 4. The van der Waals surface area contributed by atoms with Crippen molar-refractivity contribution in [3.63, 3.8) is 0 Å². The Balaban J connectivity index is 2.17. The lowest BCUT2D eigenvalue weighted by molar-refractivity contribution is -0.107. The molecule has 2 rings (SSSR count). The van der Waals surface area contributed by atoms with Crippen molar-refractivity contribution in [1.82, 2.24) is 9.97 Å². The van der Waals surface area contributed by atoms with Crippen LogP contribution in [0.15, 0.2) is 23.7 Å². The van der Waals surface area contributed by atoms with Crippen LogP contribution in [0.1, 0.15) is 17.8 Å². The topological polar surface area (TPSA) is 42.9 Å². The zero-order chi connectivity index (χ0) is 11.4. The molecule has 0 aliphatic rings. The van der Waals surface area contributed by atoms with E-state index in [1.54, 1.807) is 11.3 Å². The minimum absolute atomic E-state index is 0.537. The number of nitrogens with zero attached hydrogens (tertiary/aromatic N) is 2. The quantitative estimate of drug-likeness (QED) is 0.761. The van der Waals surface area contributed by atoms with Crippen molar-refractivity contribution in [3.05, 3.63) is 35.1 Å². The highest BCUT2D eigenvalue weighted by Crippen LogP contribution is 2.23. The summed E-state index contributed by atoms with van der Waals surface area (Å²) in [6.45, 7) is 1.96. The van der Waals surface area contributed by atoms with Crippen LogP contribution in [0.4, 0.5) is 0 Å². The van der Waals surface area contributed by atoms with Gasteiger partial charge in [-0.15, -0.1) is 11.3 Å². The molecule has 0 N–H and O–H groups in total. The Bertz CT molecular complexity index is 476. The van der Waals surface area contributed by atoms with Crippen molar-refractivity contribution in [2.24, 2.45) is 0 Å². The number of hydrogen-bond acceptors (Lipinski definition) is 4. The summed E-state index contributed by atoms with van der Waals surface area (Å²) in [5.74, 6) is 0. The van der Waals surface area contributed by atoms with E-state index in [1.165, 1.54) is 0 Å². The van der Waals surface area contributed by atoms with E-state index >= 15 is 0 Å². The molecule has 0 unspecified atom stereocenters. The number of aldehydes is 1. The molecule has 0 saturated carbocycles. The lowest BCUT2D eigenvalue weighted by atomic mass is 10.2. The van der Waals surface area contributed by atoms with Gasteiger partial charge in [0.15, 0.2) is 0 Å². The van der Waals surface area contributed by atoms with Gasteiger partial charge in [0.1, 0.15) is 11.3 Å². The highest BCUT2D eigenvalue weighted by molar-refractivity contribution is 7.13. The van der Waals surface area contributed by atoms with Crippen molar-refractivity contribution >= 4 is 17.6 Å². The summed E-state index contributed by atoms with van der Waals surface area (Å²) in [4.78, 5) is 19.0. The Kier molecular flexibility index (Phi) is 3.41. The normalized spacial score (nSPS) is 10.3. The van der Waals surface area contributed by atoms with E-state index in [0.717, 1.165) is 34.7 Å². The average Bonchev–Trinajstić information content (AvgIpc) is 2.76. The SMILES string of the molecule is Cc1ccc(-c2nc(CCC=O)cs2)cn1. The number of aryl methyl sites for hydroxylation is 2. The first kappa shape index (κ1) is 11.0. The third-order valence-corrected chi connectivity index (χ3v) is 3.17. The number of hydrogen-bond donors (Lipinski definition) is 0. The first-order valence-electron chi connectivity index (χ1n) is 5.10. The van der Waals surface area contributed by atoms with E-state index in [0.29, 0.717) is 6.42 Å². The van der Waals surface area contributed by atoms with E-state index < -0.39 is 0 Å². The van der Waals surface area contributed by atoms with Gasteiger partial charge in [-0.1, -0.05) is 0 Å². The molecule has 0 aromatic carbocycles. The van der Waals surface area contributed by atoms with Gasteiger partial charge in [-0.05, 0) is 25.5 Å². The van der Waals surface area contributed by atoms with Crippen LogP contribution in [0.3, 0.4) is 0 Å². The highest BCUT2D eigenvalue weighted by atomic mass is 32.1. The zero-order valence-corrected chi connectivity index (χ0v) is 9.83. The van der Waals surface area contributed by atoms with E-state index in [4.69, 9.17) is 0 Å². The molecule has 3 nitrogen and oxygen atoms in total. The fourth-order valence-electron chi connectivity index (χ4n) is 1.36. The Morgan fingerprint density at radius 1 is 1.44 bits per heavy atom. The molecule has 2 aromatic heterocycles. The predicted molar refractivity (Wildman–Crippen MR) is 64.5 cm³/mol. The maximum absolute atomic E-state index is 10.3. The molecule has 2 heterocycles. The Hall–Kier alpha value is -1.55. The Labute approximate surface area is 98.2 Å². The van der Waals surface area contributed by atoms with Crippen LogP contribution in [0.2, 0.25) is 0 Å². The predicted octanol–water partition coefficient (Wildman–Crippen LogP) is 2.65. The number of aromatic nitrogens is 2. The van der Waals surface area contributed by atoms with E-state index in [-0.39, 0.29) is 0 Å². The van der Waals surface area contributed by atoms with E-state index in [1.807, 2.05) is 30.6 Å². The lowest BCUT2D eigenvalue weighted by Crippen LogP contribution is -1.87. The number of carbonyl (C=O) groups excluding carboxylic acids is 1. The molecule has 0 radical (unpaired) electrons. The number of carbonyl (C=O) groups is 1. The molecule has 16 heavy (non-hydrogen) atoms. The zero-order valence-electron chi connectivity index (χ0n) is 9.01. The Morgan fingerprint density at radius 2 is 2.31 bits per heavy atom. The molecule has 0 amide bonds. The summed E-state index contributed by atoms with van der Waals surface area (Å²) >= 11 is 1.59. The third-order valence-electron chi connectivity index (χ3n) is 2.23. The average molecular weight is 232 g/mol. The highest BCUT2D eigenvalue weighted by Gasteiger charge is 2.04. The van der Waals surface area contributed by atoms with Gasteiger partial charge in [0, 0.05) is 29.3 Å². The van der Waals surface area contributed by atoms with Crippen molar-refractivity contribution in [3.8, 4) is 10.6 Å². The molecular weight excluding hydrogens is 220 g/mol. The smallest absolute Gasteiger partial charge is 0.125 e. The first-order valence-corrected chi connectivity index (χ1v) is 5.98. The Morgan fingerprint density at radius 3 is 3.00 bits per heavy atom. The summed E-state index contributed by atoms with van der Waals surface area (Å²) in [5, 5.41) is 2.96. The van der Waals surface area contributed by atoms with Crippen LogP contribution in [0.5, 0.6) is 0 Å². The van der Waals surface area contributed by atoms with Crippen LogP contribution in [0, 0.1) is 6.92 Å². The van der Waals surface area contributed by atoms with Crippen LogP contribution in [-0.4, -0.2) is 16.3 Å². The minimum atomic E-state index is 0.537. The van der Waals surface area contributed by atoms with Crippen molar-refractivity contribution < 1.29 is 4.79 Å². The van der Waals surface area contributed by atoms with E-state index in [9.17, 15) is 4.79 Å². The second-order valence-corrected chi connectivity index (χ2v) is 4.40. The molecular formula is C12H12N2OS. The van der Waals surface area contributed by atoms with Crippen molar-refractivity contribution in [2.75, 3.05) is 0 Å². The molecule has 0 saturated heterocycles. The fraction of sp³-hybridized carbons (Fsp3) is 0.250. The summed E-state index contributed by atoms with van der Waals surface area (Å²) in [6.07, 6.45) is 4.01. The van der Waals surface area contributed by atoms with E-state index in [2.05, 4.69) is 9.97 Å². The van der Waals surface area contributed by atoms with Gasteiger partial charge in [0.05, 0.1) is 5.69 Å². The molecule has 0 bridgehead atoms. The second-order valence-electron chi connectivity index (χ2n) is 3.54. The number of thiazole rings is 1. The molecule has 0 spiro atoms. The van der Waals surface area contributed by atoms with Gasteiger partial charge >= 0.3 is 0 Å². The van der Waals surface area contributed by atoms with Crippen LogP contribution in [0.25, 0.3) is 10.6 Å². The van der Waals surface area contributed by atoms with Gasteiger partial charge in [0.25, 0.3) is 0 Å². The van der Waals surface area contributed by atoms with Gasteiger partial charge in [-0.2, -0.15) is 0 Å². The first-order chi connectivity index (χ1) is 7.79. The third kappa shape index (κ3) is 2.52. The molecule has 0 atom stereocenters. The molecule has 0 aliphatic heterocycles. The molecule has 0 fully saturated rings. The lowest BCUT2D eigenvalue weighted by Gasteiger charge is -1.95. The maximum atomic E-state index is 10.3. The van der Waals surface area contributed by atoms with Gasteiger partial charge in [0.2, 0.25) is 0 Å². The summed E-state index contributed by atoms with van der Waals surface area (Å²) < 4.78 is 0. The fourth-order valence-corrected chi connectivity index (χ4v) is 2.20. The second kappa shape index (κ2) is 4.99. The van der Waals surface area contributed by atoms with Crippen molar-refractivity contribution in [1.29, 1.82) is 0 Å².